The third kappa shape index (κ3) is 3.32. The normalized spacial score (nSPS) is 22.1. The Morgan fingerprint density at radius 3 is 2.76 bits per heavy atom. The van der Waals surface area contributed by atoms with E-state index < -0.39 is 0 Å². The second-order valence-corrected chi connectivity index (χ2v) is 8.29. The van der Waals surface area contributed by atoms with Crippen LogP contribution in [0.4, 0.5) is 5.69 Å². The highest BCUT2D eigenvalue weighted by Crippen LogP contribution is 2.34. The third-order valence-electron chi connectivity index (χ3n) is 6.43. The highest BCUT2D eigenvalue weighted by molar-refractivity contribution is 5.99. The van der Waals surface area contributed by atoms with E-state index in [1.165, 1.54) is 6.42 Å². The van der Waals surface area contributed by atoms with Gasteiger partial charge in [0.1, 0.15) is 5.82 Å². The summed E-state index contributed by atoms with van der Waals surface area (Å²) < 4.78 is 2.25. The molecule has 3 aliphatic rings. The number of benzene rings is 1. The van der Waals surface area contributed by atoms with E-state index in [0.29, 0.717) is 12.0 Å². The van der Waals surface area contributed by atoms with Gasteiger partial charge in [-0.05, 0) is 50.3 Å². The molecule has 1 atom stereocenters. The molecule has 0 unspecified atom stereocenters. The molecular formula is C22H27N5O2. The van der Waals surface area contributed by atoms with E-state index in [2.05, 4.69) is 14.8 Å². The molecule has 2 fully saturated rings. The molecule has 0 N–H and O–H groups in total. The fraction of sp³-hybridized carbons (Fsp3) is 0.545. The number of amides is 2. The monoisotopic (exact) mass is 393 g/mol. The molecule has 1 aromatic carbocycles. The number of aryl methyl sites for hydroxylation is 1. The standard InChI is InChI=1S/C22H27N5O2/c28-20-11-6-13-25(20)17-8-4-7-16(15-17)22(29)26-14-5-9-18(26)21-24-23-19-10-2-1-3-12-27(19)21/h4,7-8,15,18H,1-3,5-6,9-14H2/t18-/m1/s1. The van der Waals surface area contributed by atoms with Crippen molar-refractivity contribution in [2.75, 3.05) is 18.0 Å². The summed E-state index contributed by atoms with van der Waals surface area (Å²) in [6, 6.07) is 7.50. The molecule has 0 saturated carbocycles. The molecule has 2 saturated heterocycles. The third-order valence-corrected chi connectivity index (χ3v) is 6.43. The summed E-state index contributed by atoms with van der Waals surface area (Å²) in [5.41, 5.74) is 1.47. The molecular weight excluding hydrogens is 366 g/mol. The summed E-state index contributed by atoms with van der Waals surface area (Å²) in [5.74, 6) is 2.16. The van der Waals surface area contributed by atoms with Gasteiger partial charge in [0, 0.05) is 43.7 Å². The fourth-order valence-electron chi connectivity index (χ4n) is 4.93. The van der Waals surface area contributed by atoms with Crippen LogP contribution in [0.5, 0.6) is 0 Å². The van der Waals surface area contributed by atoms with E-state index in [4.69, 9.17) is 0 Å². The number of aromatic nitrogens is 3. The molecule has 2 amide bonds. The van der Waals surface area contributed by atoms with Crippen LogP contribution in [0, 0.1) is 0 Å². The van der Waals surface area contributed by atoms with E-state index in [-0.39, 0.29) is 17.9 Å². The Hall–Kier alpha value is -2.70. The van der Waals surface area contributed by atoms with E-state index in [9.17, 15) is 9.59 Å². The predicted octanol–water partition coefficient (Wildman–Crippen LogP) is 3.11. The van der Waals surface area contributed by atoms with Crippen LogP contribution in [0.25, 0.3) is 0 Å². The zero-order chi connectivity index (χ0) is 19.8. The van der Waals surface area contributed by atoms with Crippen LogP contribution < -0.4 is 4.90 Å². The molecule has 7 heteroatoms. The van der Waals surface area contributed by atoms with Crippen LogP contribution >= 0.6 is 0 Å². The van der Waals surface area contributed by atoms with Crippen molar-refractivity contribution >= 4 is 17.5 Å². The lowest BCUT2D eigenvalue weighted by atomic mass is 10.1. The number of anilines is 1. The molecule has 0 bridgehead atoms. The lowest BCUT2D eigenvalue weighted by Gasteiger charge is -2.25. The molecule has 4 heterocycles. The number of carbonyl (C=O) groups is 2. The van der Waals surface area contributed by atoms with Gasteiger partial charge in [0.2, 0.25) is 5.91 Å². The van der Waals surface area contributed by atoms with Gasteiger partial charge in [0.05, 0.1) is 6.04 Å². The van der Waals surface area contributed by atoms with Crippen molar-refractivity contribution in [1.82, 2.24) is 19.7 Å². The van der Waals surface area contributed by atoms with Gasteiger partial charge in [-0.15, -0.1) is 10.2 Å². The number of hydrogen-bond donors (Lipinski definition) is 0. The van der Waals surface area contributed by atoms with Crippen LogP contribution in [0.15, 0.2) is 24.3 Å². The second-order valence-electron chi connectivity index (χ2n) is 8.29. The van der Waals surface area contributed by atoms with Gasteiger partial charge in [-0.1, -0.05) is 12.5 Å². The van der Waals surface area contributed by atoms with Crippen molar-refractivity contribution in [3.63, 3.8) is 0 Å². The largest absolute Gasteiger partial charge is 0.328 e. The molecule has 0 aliphatic carbocycles. The molecule has 152 valence electrons. The van der Waals surface area contributed by atoms with Crippen molar-refractivity contribution in [1.29, 1.82) is 0 Å². The Morgan fingerprint density at radius 2 is 1.90 bits per heavy atom. The molecule has 0 spiro atoms. The maximum absolute atomic E-state index is 13.4. The van der Waals surface area contributed by atoms with E-state index in [1.807, 2.05) is 29.2 Å². The van der Waals surface area contributed by atoms with E-state index in [1.54, 1.807) is 4.90 Å². The number of hydrogen-bond acceptors (Lipinski definition) is 4. The summed E-state index contributed by atoms with van der Waals surface area (Å²) in [6.45, 7) is 2.41. The molecule has 7 nitrogen and oxygen atoms in total. The summed E-state index contributed by atoms with van der Waals surface area (Å²) in [7, 11) is 0. The van der Waals surface area contributed by atoms with Crippen LogP contribution in [0.2, 0.25) is 0 Å². The highest BCUT2D eigenvalue weighted by atomic mass is 16.2. The number of nitrogens with zero attached hydrogens (tertiary/aromatic N) is 5. The summed E-state index contributed by atoms with van der Waals surface area (Å²) in [4.78, 5) is 29.2. The number of fused-ring (bicyclic) bond motifs is 1. The van der Waals surface area contributed by atoms with Crippen LogP contribution in [0.1, 0.15) is 73.0 Å². The zero-order valence-electron chi connectivity index (χ0n) is 16.7. The maximum Gasteiger partial charge on any atom is 0.254 e. The quantitative estimate of drug-likeness (QED) is 0.803. The Balaban J connectivity index is 1.41. The molecule has 3 aliphatic heterocycles. The second kappa shape index (κ2) is 7.61. The first kappa shape index (κ1) is 18.3. The van der Waals surface area contributed by atoms with Gasteiger partial charge >= 0.3 is 0 Å². The van der Waals surface area contributed by atoms with Crippen LogP contribution in [0.3, 0.4) is 0 Å². The number of likely N-dealkylation sites (tertiary alicyclic amines) is 1. The first-order valence-corrected chi connectivity index (χ1v) is 10.9. The van der Waals surface area contributed by atoms with Crippen molar-refractivity contribution in [2.24, 2.45) is 0 Å². The Labute approximate surface area is 170 Å². The van der Waals surface area contributed by atoms with Gasteiger partial charge in [-0.25, -0.2) is 0 Å². The topological polar surface area (TPSA) is 71.3 Å². The van der Waals surface area contributed by atoms with Gasteiger partial charge in [0.25, 0.3) is 5.91 Å². The highest BCUT2D eigenvalue weighted by Gasteiger charge is 2.35. The SMILES string of the molecule is O=C1CCCN1c1cccc(C(=O)N2CCC[C@@H]2c2nnc3n2CCCCC3)c1. The van der Waals surface area contributed by atoms with Gasteiger partial charge in [-0.2, -0.15) is 0 Å². The Morgan fingerprint density at radius 1 is 0.966 bits per heavy atom. The van der Waals surface area contributed by atoms with Crippen molar-refractivity contribution < 1.29 is 9.59 Å². The molecule has 5 rings (SSSR count). The van der Waals surface area contributed by atoms with Crippen LogP contribution in [-0.2, 0) is 17.8 Å². The fourth-order valence-corrected chi connectivity index (χ4v) is 4.93. The number of carbonyl (C=O) groups excluding carboxylic acids is 2. The van der Waals surface area contributed by atoms with Gasteiger partial charge in [-0.3, -0.25) is 9.59 Å². The molecule has 2 aromatic rings. The van der Waals surface area contributed by atoms with Crippen molar-refractivity contribution in [2.45, 2.75) is 64.0 Å². The van der Waals surface area contributed by atoms with Gasteiger partial charge < -0.3 is 14.4 Å². The minimum absolute atomic E-state index is 0.0149. The first-order valence-electron chi connectivity index (χ1n) is 10.9. The average Bonchev–Trinajstić information content (AvgIpc) is 3.44. The van der Waals surface area contributed by atoms with E-state index in [0.717, 1.165) is 75.5 Å². The predicted molar refractivity (Wildman–Crippen MR) is 109 cm³/mol. The summed E-state index contributed by atoms with van der Waals surface area (Å²) in [6.07, 6.45) is 7.86. The first-order chi connectivity index (χ1) is 14.2. The number of rotatable bonds is 3. The maximum atomic E-state index is 13.4. The minimum atomic E-state index is -0.0149. The summed E-state index contributed by atoms with van der Waals surface area (Å²) >= 11 is 0. The molecule has 0 radical (unpaired) electrons. The zero-order valence-corrected chi connectivity index (χ0v) is 16.7. The summed E-state index contributed by atoms with van der Waals surface area (Å²) in [5, 5.41) is 8.94. The Kier molecular flexibility index (Phi) is 4.81. The van der Waals surface area contributed by atoms with Crippen molar-refractivity contribution in [3.05, 3.63) is 41.5 Å². The average molecular weight is 393 g/mol. The van der Waals surface area contributed by atoms with Gasteiger partial charge in [0.15, 0.2) is 5.82 Å². The Bertz CT molecular complexity index is 937. The smallest absolute Gasteiger partial charge is 0.254 e. The van der Waals surface area contributed by atoms with E-state index >= 15 is 0 Å². The molecule has 1 aromatic heterocycles. The lowest BCUT2D eigenvalue weighted by Crippen LogP contribution is -2.32. The molecule has 29 heavy (non-hydrogen) atoms. The minimum Gasteiger partial charge on any atom is -0.328 e. The lowest BCUT2D eigenvalue weighted by molar-refractivity contribution is -0.117. The van der Waals surface area contributed by atoms with Crippen molar-refractivity contribution in [3.8, 4) is 0 Å². The van der Waals surface area contributed by atoms with Crippen LogP contribution in [-0.4, -0.2) is 44.6 Å².